The molecule has 20 heavy (non-hydrogen) atoms. The molecule has 1 saturated carbocycles. The van der Waals surface area contributed by atoms with E-state index in [0.717, 1.165) is 0 Å². The molecule has 0 aromatic carbocycles. The highest BCUT2D eigenvalue weighted by Gasteiger charge is 2.35. The molecule has 1 saturated heterocycles. The number of rotatable bonds is 3. The predicted molar refractivity (Wildman–Crippen MR) is 67.8 cm³/mol. The first kappa shape index (κ1) is 14.6. The fourth-order valence-corrected chi connectivity index (χ4v) is 2.68. The van der Waals surface area contributed by atoms with Crippen molar-refractivity contribution in [1.82, 2.24) is 10.2 Å². The Kier molecular flexibility index (Phi) is 4.43. The smallest absolute Gasteiger partial charge is 0.318 e. The number of carboxylic acid groups (broad SMARTS) is 1. The minimum Gasteiger partial charge on any atom is -0.481 e. The third-order valence-corrected chi connectivity index (χ3v) is 3.83. The van der Waals surface area contributed by atoms with Crippen LogP contribution in [0.5, 0.6) is 0 Å². The van der Waals surface area contributed by atoms with Gasteiger partial charge in [-0.3, -0.25) is 9.59 Å². The van der Waals surface area contributed by atoms with Crippen molar-refractivity contribution < 1.29 is 24.2 Å². The Balaban J connectivity index is 1.91. The summed E-state index contributed by atoms with van der Waals surface area (Å²) in [6, 6.07) is -1.31. The van der Waals surface area contributed by atoms with Crippen LogP contribution in [-0.2, 0) is 14.3 Å². The first-order chi connectivity index (χ1) is 9.49. The molecule has 0 radical (unpaired) electrons. The Bertz CT molecular complexity index is 414. The first-order valence-corrected chi connectivity index (χ1v) is 6.66. The first-order valence-electron chi connectivity index (χ1n) is 6.66. The Hall–Kier alpha value is -1.83. The average molecular weight is 285 g/mol. The summed E-state index contributed by atoms with van der Waals surface area (Å²) in [6.07, 6.45) is 1.61. The lowest BCUT2D eigenvalue weighted by atomic mass is 10.1. The van der Waals surface area contributed by atoms with Crippen LogP contribution in [-0.4, -0.2) is 59.8 Å². The molecule has 0 aromatic heterocycles. The van der Waals surface area contributed by atoms with Crippen LogP contribution in [0, 0.1) is 5.92 Å². The van der Waals surface area contributed by atoms with Gasteiger partial charge in [-0.25, -0.2) is 4.79 Å². The van der Waals surface area contributed by atoms with Gasteiger partial charge < -0.3 is 25.8 Å². The number of nitrogens with one attached hydrogen (secondary N) is 1. The van der Waals surface area contributed by atoms with Gasteiger partial charge in [0, 0.05) is 12.6 Å². The standard InChI is InChI=1S/C12H19N3O5/c13-10(16)9-6-20-4-3-15(9)12(19)14-8-2-1-7(5-8)11(17)18/h7-9H,1-6H2,(H2,13,16)(H,14,19)(H,17,18). The van der Waals surface area contributed by atoms with E-state index in [1.807, 2.05) is 0 Å². The molecule has 3 unspecified atom stereocenters. The van der Waals surface area contributed by atoms with Gasteiger partial charge in [-0.1, -0.05) is 0 Å². The predicted octanol–water partition coefficient (Wildman–Crippen LogP) is -0.865. The molecule has 1 aliphatic heterocycles. The summed E-state index contributed by atoms with van der Waals surface area (Å²) >= 11 is 0. The second-order valence-corrected chi connectivity index (χ2v) is 5.18. The van der Waals surface area contributed by atoms with Crippen molar-refractivity contribution in [2.75, 3.05) is 19.8 Å². The van der Waals surface area contributed by atoms with Gasteiger partial charge in [-0.05, 0) is 19.3 Å². The van der Waals surface area contributed by atoms with E-state index >= 15 is 0 Å². The number of morpholine rings is 1. The van der Waals surface area contributed by atoms with E-state index < -0.39 is 23.8 Å². The summed E-state index contributed by atoms with van der Waals surface area (Å²) in [5.74, 6) is -1.84. The van der Waals surface area contributed by atoms with Crippen LogP contribution in [0.4, 0.5) is 4.79 Å². The van der Waals surface area contributed by atoms with Gasteiger partial charge in [0.2, 0.25) is 5.91 Å². The maximum Gasteiger partial charge on any atom is 0.318 e. The summed E-state index contributed by atoms with van der Waals surface area (Å²) in [5.41, 5.74) is 5.25. The number of carbonyl (C=O) groups is 3. The fourth-order valence-electron chi connectivity index (χ4n) is 2.68. The topological polar surface area (TPSA) is 122 Å². The van der Waals surface area contributed by atoms with E-state index in [1.165, 1.54) is 4.90 Å². The van der Waals surface area contributed by atoms with E-state index in [9.17, 15) is 14.4 Å². The van der Waals surface area contributed by atoms with Crippen LogP contribution < -0.4 is 11.1 Å². The van der Waals surface area contributed by atoms with Crippen molar-refractivity contribution in [2.24, 2.45) is 11.7 Å². The van der Waals surface area contributed by atoms with Crippen molar-refractivity contribution in [2.45, 2.75) is 31.3 Å². The second kappa shape index (κ2) is 6.08. The number of ether oxygens (including phenoxy) is 1. The summed E-state index contributed by atoms with van der Waals surface area (Å²) in [4.78, 5) is 35.7. The minimum atomic E-state index is -0.830. The number of hydrogen-bond donors (Lipinski definition) is 3. The maximum absolute atomic E-state index is 12.1. The van der Waals surface area contributed by atoms with Gasteiger partial charge in [-0.15, -0.1) is 0 Å². The summed E-state index contributed by atoms with van der Waals surface area (Å²) < 4.78 is 5.14. The summed E-state index contributed by atoms with van der Waals surface area (Å²) in [6.45, 7) is 0.763. The molecule has 1 heterocycles. The number of urea groups is 1. The second-order valence-electron chi connectivity index (χ2n) is 5.18. The van der Waals surface area contributed by atoms with Crippen LogP contribution in [0.15, 0.2) is 0 Å². The molecule has 0 aromatic rings. The molecule has 4 N–H and O–H groups in total. The molecule has 3 atom stereocenters. The number of carbonyl (C=O) groups excluding carboxylic acids is 2. The lowest BCUT2D eigenvalue weighted by Crippen LogP contribution is -2.58. The number of primary amides is 1. The van der Waals surface area contributed by atoms with Gasteiger partial charge in [0.25, 0.3) is 0 Å². The Labute approximate surface area is 116 Å². The van der Waals surface area contributed by atoms with Crippen LogP contribution in [0.2, 0.25) is 0 Å². The number of carboxylic acids is 1. The van der Waals surface area contributed by atoms with E-state index in [2.05, 4.69) is 5.32 Å². The third-order valence-electron chi connectivity index (χ3n) is 3.83. The highest BCUT2D eigenvalue weighted by atomic mass is 16.5. The number of hydrogen-bond acceptors (Lipinski definition) is 4. The molecular formula is C12H19N3O5. The highest BCUT2D eigenvalue weighted by molar-refractivity contribution is 5.86. The molecule has 0 bridgehead atoms. The monoisotopic (exact) mass is 285 g/mol. The molecule has 112 valence electrons. The van der Waals surface area contributed by atoms with Crippen LogP contribution in [0.3, 0.4) is 0 Å². The highest BCUT2D eigenvalue weighted by Crippen LogP contribution is 2.25. The number of nitrogens with zero attached hydrogens (tertiary/aromatic N) is 1. The maximum atomic E-state index is 12.1. The minimum absolute atomic E-state index is 0.102. The molecule has 1 aliphatic carbocycles. The van der Waals surface area contributed by atoms with Crippen molar-refractivity contribution in [3.63, 3.8) is 0 Å². The Morgan fingerprint density at radius 1 is 1.30 bits per heavy atom. The number of nitrogens with two attached hydrogens (primary N) is 1. The molecule has 3 amide bonds. The SMILES string of the molecule is NC(=O)C1COCCN1C(=O)NC1CCC(C(=O)O)C1. The van der Waals surface area contributed by atoms with E-state index in [0.29, 0.717) is 32.4 Å². The molecule has 8 heteroatoms. The Morgan fingerprint density at radius 3 is 2.65 bits per heavy atom. The average Bonchev–Trinajstić information content (AvgIpc) is 2.87. The quantitative estimate of drug-likeness (QED) is 0.622. The summed E-state index contributed by atoms with van der Waals surface area (Å²) in [5, 5.41) is 11.7. The third kappa shape index (κ3) is 3.19. The molecule has 2 rings (SSSR count). The van der Waals surface area contributed by atoms with Gasteiger partial charge in [0.15, 0.2) is 0 Å². The lowest BCUT2D eigenvalue weighted by molar-refractivity contribution is -0.141. The number of amides is 3. The van der Waals surface area contributed by atoms with Gasteiger partial charge in [0.1, 0.15) is 6.04 Å². The summed E-state index contributed by atoms with van der Waals surface area (Å²) in [7, 11) is 0. The molecule has 2 aliphatic rings. The van der Waals surface area contributed by atoms with Gasteiger partial charge >= 0.3 is 12.0 Å². The molecule has 8 nitrogen and oxygen atoms in total. The normalized spacial score (nSPS) is 30.0. The van der Waals surface area contributed by atoms with Crippen molar-refractivity contribution in [3.05, 3.63) is 0 Å². The van der Waals surface area contributed by atoms with Gasteiger partial charge in [0.05, 0.1) is 19.1 Å². The van der Waals surface area contributed by atoms with Gasteiger partial charge in [-0.2, -0.15) is 0 Å². The molecular weight excluding hydrogens is 266 g/mol. The van der Waals surface area contributed by atoms with Crippen molar-refractivity contribution in [1.29, 1.82) is 0 Å². The number of aliphatic carboxylic acids is 1. The lowest BCUT2D eigenvalue weighted by Gasteiger charge is -2.34. The largest absolute Gasteiger partial charge is 0.481 e. The zero-order chi connectivity index (χ0) is 14.7. The Morgan fingerprint density at radius 2 is 2.05 bits per heavy atom. The zero-order valence-electron chi connectivity index (χ0n) is 11.1. The molecule has 2 fully saturated rings. The van der Waals surface area contributed by atoms with Crippen molar-refractivity contribution in [3.8, 4) is 0 Å². The van der Waals surface area contributed by atoms with Crippen LogP contribution >= 0.6 is 0 Å². The van der Waals surface area contributed by atoms with Crippen LogP contribution in [0.25, 0.3) is 0 Å². The fraction of sp³-hybridized carbons (Fsp3) is 0.750. The van der Waals surface area contributed by atoms with Crippen LogP contribution in [0.1, 0.15) is 19.3 Å². The zero-order valence-corrected chi connectivity index (χ0v) is 11.1. The van der Waals surface area contributed by atoms with E-state index in [1.54, 1.807) is 0 Å². The van der Waals surface area contributed by atoms with Crippen molar-refractivity contribution >= 4 is 17.9 Å². The van der Waals surface area contributed by atoms with E-state index in [-0.39, 0.29) is 18.7 Å². The van der Waals surface area contributed by atoms with E-state index in [4.69, 9.17) is 15.6 Å². The molecule has 0 spiro atoms.